The van der Waals surface area contributed by atoms with E-state index in [1.165, 1.54) is 12.1 Å². The average molecular weight is 533 g/mol. The Labute approximate surface area is 221 Å². The summed E-state index contributed by atoms with van der Waals surface area (Å²) in [6, 6.07) is 12.2. The molecule has 2 aromatic carbocycles. The average Bonchev–Trinajstić information content (AvgIpc) is 2.88. The minimum absolute atomic E-state index is 0.156. The van der Waals surface area contributed by atoms with Crippen LogP contribution in [0.4, 0.5) is 4.39 Å². The highest BCUT2D eigenvalue weighted by atomic mass is 35.5. The molecule has 3 aromatic rings. The number of hydrogen-bond donors (Lipinski definition) is 2. The van der Waals surface area contributed by atoms with Gasteiger partial charge in [-0.2, -0.15) is 0 Å². The first-order valence-electron chi connectivity index (χ1n) is 12.5. The lowest BCUT2D eigenvalue weighted by Gasteiger charge is -2.38. The maximum atomic E-state index is 13.5. The lowest BCUT2D eigenvalue weighted by molar-refractivity contribution is 0.0581. The fourth-order valence-corrected chi connectivity index (χ4v) is 6.33. The van der Waals surface area contributed by atoms with Gasteiger partial charge in [0.05, 0.1) is 18.7 Å². The zero-order valence-corrected chi connectivity index (χ0v) is 22.1. The summed E-state index contributed by atoms with van der Waals surface area (Å²) in [6.45, 7) is 2.96. The van der Waals surface area contributed by atoms with Crippen LogP contribution < -0.4 is 4.74 Å². The van der Waals surface area contributed by atoms with Gasteiger partial charge in [-0.1, -0.05) is 11.6 Å². The van der Waals surface area contributed by atoms with Crippen molar-refractivity contribution >= 4 is 34.3 Å². The Balaban J connectivity index is 1.25. The van der Waals surface area contributed by atoms with Crippen molar-refractivity contribution in [3.63, 3.8) is 0 Å². The molecule has 36 heavy (non-hydrogen) atoms. The summed E-state index contributed by atoms with van der Waals surface area (Å²) in [5.41, 5.74) is 1.71. The predicted octanol–water partition coefficient (Wildman–Crippen LogP) is 5.96. The summed E-state index contributed by atoms with van der Waals surface area (Å²) in [7, 11) is 1.63. The largest absolute Gasteiger partial charge is 0.497 e. The summed E-state index contributed by atoms with van der Waals surface area (Å²) in [5, 5.41) is 22.4. The van der Waals surface area contributed by atoms with E-state index < -0.39 is 6.10 Å². The van der Waals surface area contributed by atoms with E-state index in [4.69, 9.17) is 16.3 Å². The van der Waals surface area contributed by atoms with Gasteiger partial charge in [-0.15, -0.1) is 11.8 Å². The molecule has 5 nitrogen and oxygen atoms in total. The second-order valence-corrected chi connectivity index (χ2v) is 11.1. The number of rotatable bonds is 11. The van der Waals surface area contributed by atoms with E-state index >= 15 is 0 Å². The Kier molecular flexibility index (Phi) is 9.85. The highest BCUT2D eigenvalue weighted by Crippen LogP contribution is 2.33. The molecule has 0 amide bonds. The molecule has 194 valence electrons. The van der Waals surface area contributed by atoms with E-state index in [0.29, 0.717) is 17.4 Å². The van der Waals surface area contributed by atoms with Crippen LogP contribution in [0.25, 0.3) is 10.9 Å². The van der Waals surface area contributed by atoms with Crippen molar-refractivity contribution in [1.82, 2.24) is 9.88 Å². The minimum Gasteiger partial charge on any atom is -0.497 e. The SMILES string of the molecule is COc1ccc2nccc([C@H](O)CC[C@@H]3CCN(CCCSc4cc(F)cc(Cl)c4)C[C@@H]3CO)c2c1. The Morgan fingerprint density at radius 2 is 2.08 bits per heavy atom. The zero-order valence-electron chi connectivity index (χ0n) is 20.6. The van der Waals surface area contributed by atoms with Crippen molar-refractivity contribution in [2.24, 2.45) is 11.8 Å². The van der Waals surface area contributed by atoms with E-state index in [1.807, 2.05) is 24.3 Å². The van der Waals surface area contributed by atoms with Crippen molar-refractivity contribution in [1.29, 1.82) is 0 Å². The highest BCUT2D eigenvalue weighted by molar-refractivity contribution is 7.99. The fourth-order valence-electron chi connectivity index (χ4n) is 5.13. The lowest BCUT2D eigenvalue weighted by Crippen LogP contribution is -2.42. The van der Waals surface area contributed by atoms with Gasteiger partial charge in [0.1, 0.15) is 11.6 Å². The monoisotopic (exact) mass is 532 g/mol. The number of nitrogens with zero attached hydrogens (tertiary/aromatic N) is 2. The molecular formula is C28H34ClFN2O3S. The number of hydrogen-bond acceptors (Lipinski definition) is 6. The second kappa shape index (κ2) is 13.1. The van der Waals surface area contributed by atoms with Crippen LogP contribution in [0.5, 0.6) is 5.75 Å². The van der Waals surface area contributed by atoms with Crippen LogP contribution in [0, 0.1) is 17.7 Å². The molecule has 1 fully saturated rings. The first-order valence-corrected chi connectivity index (χ1v) is 13.9. The van der Waals surface area contributed by atoms with Crippen LogP contribution in [0.2, 0.25) is 5.02 Å². The molecule has 1 aromatic heterocycles. The number of thioether (sulfide) groups is 1. The van der Waals surface area contributed by atoms with Gasteiger partial charge in [-0.05, 0) is 104 Å². The van der Waals surface area contributed by atoms with Crippen LogP contribution in [0.1, 0.15) is 37.4 Å². The Hall–Kier alpha value is -1.90. The molecule has 0 unspecified atom stereocenters. The summed E-state index contributed by atoms with van der Waals surface area (Å²) >= 11 is 7.56. The molecular weight excluding hydrogens is 499 g/mol. The van der Waals surface area contributed by atoms with Gasteiger partial charge < -0.3 is 19.8 Å². The number of halogens is 2. The third-order valence-corrected chi connectivity index (χ3v) is 8.37. The number of ether oxygens (including phenoxy) is 1. The first-order chi connectivity index (χ1) is 17.5. The first kappa shape index (κ1) is 27.1. The number of benzene rings is 2. The Bertz CT molecular complexity index is 1130. The minimum atomic E-state index is -0.590. The highest BCUT2D eigenvalue weighted by Gasteiger charge is 2.29. The molecule has 2 N–H and O–H groups in total. The number of likely N-dealkylation sites (tertiary alicyclic amines) is 1. The molecule has 2 heterocycles. The number of aliphatic hydroxyl groups is 2. The fraction of sp³-hybridized carbons (Fsp3) is 0.464. The standard InChI is InChI=1S/C28H34ClFN2O3S/c1-35-23-4-5-27-26(16-23)25(7-9-31-27)28(34)6-3-19-8-11-32(17-20(19)18-33)10-2-12-36-24-14-21(29)13-22(30)15-24/h4-5,7,9,13-16,19-20,28,33-34H,2-3,6,8,10-12,17-18H2,1H3/t19-,20-,28-/m1/s1. The number of pyridine rings is 1. The maximum absolute atomic E-state index is 13.5. The van der Waals surface area contributed by atoms with Crippen molar-refractivity contribution in [2.75, 3.05) is 39.1 Å². The second-order valence-electron chi connectivity index (χ2n) is 9.48. The number of fused-ring (bicyclic) bond motifs is 1. The van der Waals surface area contributed by atoms with Gasteiger partial charge in [0, 0.05) is 34.7 Å². The molecule has 0 saturated carbocycles. The molecule has 4 rings (SSSR count). The van der Waals surface area contributed by atoms with E-state index in [9.17, 15) is 14.6 Å². The van der Waals surface area contributed by atoms with Gasteiger partial charge in [0.25, 0.3) is 0 Å². The van der Waals surface area contributed by atoms with Crippen LogP contribution in [-0.2, 0) is 0 Å². The molecule has 8 heteroatoms. The summed E-state index contributed by atoms with van der Waals surface area (Å²) in [4.78, 5) is 7.67. The van der Waals surface area contributed by atoms with E-state index in [0.717, 1.165) is 71.8 Å². The number of aromatic nitrogens is 1. The molecule has 0 aliphatic carbocycles. The molecule has 1 saturated heterocycles. The van der Waals surface area contributed by atoms with Gasteiger partial charge in [-0.25, -0.2) is 4.39 Å². The quantitative estimate of drug-likeness (QED) is 0.234. The zero-order chi connectivity index (χ0) is 25.5. The summed E-state index contributed by atoms with van der Waals surface area (Å²) in [6.07, 6.45) is 4.65. The molecule has 0 radical (unpaired) electrons. The molecule has 0 bridgehead atoms. The van der Waals surface area contributed by atoms with Gasteiger partial charge in [0.2, 0.25) is 0 Å². The third-order valence-electron chi connectivity index (χ3n) is 7.09. The maximum Gasteiger partial charge on any atom is 0.125 e. The van der Waals surface area contributed by atoms with E-state index in [-0.39, 0.29) is 18.3 Å². The van der Waals surface area contributed by atoms with E-state index in [2.05, 4.69) is 9.88 Å². The van der Waals surface area contributed by atoms with E-state index in [1.54, 1.807) is 31.1 Å². The van der Waals surface area contributed by atoms with Crippen molar-refractivity contribution in [3.8, 4) is 5.75 Å². The predicted molar refractivity (Wildman–Crippen MR) is 144 cm³/mol. The normalized spacial score (nSPS) is 19.5. The summed E-state index contributed by atoms with van der Waals surface area (Å²) < 4.78 is 18.9. The van der Waals surface area contributed by atoms with Gasteiger partial charge in [-0.3, -0.25) is 4.98 Å². The topological polar surface area (TPSA) is 65.8 Å². The molecule has 0 spiro atoms. The third kappa shape index (κ3) is 7.11. The smallest absolute Gasteiger partial charge is 0.125 e. The van der Waals surface area contributed by atoms with Gasteiger partial charge >= 0.3 is 0 Å². The molecule has 3 atom stereocenters. The number of aliphatic hydroxyl groups excluding tert-OH is 2. The van der Waals surface area contributed by atoms with Gasteiger partial charge in [0.15, 0.2) is 0 Å². The van der Waals surface area contributed by atoms with Crippen LogP contribution in [0.3, 0.4) is 0 Å². The van der Waals surface area contributed by atoms with Crippen molar-refractivity contribution < 1.29 is 19.3 Å². The van der Waals surface area contributed by atoms with Crippen LogP contribution >= 0.6 is 23.4 Å². The molecule has 1 aliphatic rings. The summed E-state index contributed by atoms with van der Waals surface area (Å²) in [5.74, 6) is 1.91. The Morgan fingerprint density at radius 1 is 1.22 bits per heavy atom. The van der Waals surface area contributed by atoms with Crippen LogP contribution in [-0.4, -0.2) is 59.2 Å². The number of piperidine rings is 1. The Morgan fingerprint density at radius 3 is 2.86 bits per heavy atom. The lowest BCUT2D eigenvalue weighted by atomic mass is 9.81. The molecule has 1 aliphatic heterocycles. The van der Waals surface area contributed by atoms with Crippen LogP contribution in [0.15, 0.2) is 53.6 Å². The van der Waals surface area contributed by atoms with Crippen molar-refractivity contribution in [3.05, 3.63) is 65.1 Å². The number of methoxy groups -OCH3 is 1. The van der Waals surface area contributed by atoms with Crippen molar-refractivity contribution in [2.45, 2.75) is 36.7 Å².